The van der Waals surface area contributed by atoms with Crippen LogP contribution in [-0.2, 0) is 16.0 Å². The minimum atomic E-state index is 0.180. The zero-order chi connectivity index (χ0) is 16.8. The van der Waals surface area contributed by atoms with Crippen LogP contribution in [0.3, 0.4) is 0 Å². The summed E-state index contributed by atoms with van der Waals surface area (Å²) in [6, 6.07) is 8.20. The van der Waals surface area contributed by atoms with Crippen molar-refractivity contribution in [2.24, 2.45) is 5.92 Å². The van der Waals surface area contributed by atoms with Gasteiger partial charge in [0.2, 0.25) is 5.91 Å². The smallest absolute Gasteiger partial charge is 0.225 e. The van der Waals surface area contributed by atoms with E-state index in [2.05, 4.69) is 21.9 Å². The highest BCUT2D eigenvalue weighted by molar-refractivity contribution is 5.79. The Hall–Kier alpha value is -1.59. The third-order valence-electron chi connectivity index (χ3n) is 5.14. The number of rotatable bonds is 5. The van der Waals surface area contributed by atoms with E-state index in [0.29, 0.717) is 5.91 Å². The predicted octanol–water partition coefficient (Wildman–Crippen LogP) is 1.81. The van der Waals surface area contributed by atoms with E-state index in [4.69, 9.17) is 9.47 Å². The number of para-hydroxylation sites is 1. The van der Waals surface area contributed by atoms with Crippen molar-refractivity contribution in [1.29, 1.82) is 0 Å². The van der Waals surface area contributed by atoms with Gasteiger partial charge in [-0.3, -0.25) is 9.69 Å². The van der Waals surface area contributed by atoms with E-state index in [1.54, 1.807) is 7.11 Å². The molecule has 0 spiro atoms. The van der Waals surface area contributed by atoms with Crippen LogP contribution in [-0.4, -0.2) is 68.8 Å². The molecule has 1 amide bonds. The van der Waals surface area contributed by atoms with Crippen LogP contribution < -0.4 is 4.74 Å². The van der Waals surface area contributed by atoms with Gasteiger partial charge in [-0.25, -0.2) is 0 Å². The van der Waals surface area contributed by atoms with Crippen LogP contribution in [0.4, 0.5) is 0 Å². The highest BCUT2D eigenvalue weighted by Crippen LogP contribution is 2.20. The van der Waals surface area contributed by atoms with Crippen LogP contribution in [0, 0.1) is 5.92 Å². The quantitative estimate of drug-likeness (QED) is 0.825. The van der Waals surface area contributed by atoms with Gasteiger partial charge in [0.15, 0.2) is 0 Å². The van der Waals surface area contributed by atoms with Gasteiger partial charge in [-0.1, -0.05) is 18.2 Å². The van der Waals surface area contributed by atoms with Gasteiger partial charge in [-0.05, 0) is 30.9 Å². The predicted molar refractivity (Wildman–Crippen MR) is 93.3 cm³/mol. The number of nitrogens with zero attached hydrogens (tertiary/aromatic N) is 2. The average Bonchev–Trinajstić information content (AvgIpc) is 2.67. The Morgan fingerprint density at radius 1 is 1.17 bits per heavy atom. The Bertz CT molecular complexity index is 535. The van der Waals surface area contributed by atoms with E-state index in [9.17, 15) is 4.79 Å². The maximum Gasteiger partial charge on any atom is 0.225 e. The van der Waals surface area contributed by atoms with Crippen molar-refractivity contribution in [3.63, 3.8) is 0 Å². The number of methoxy groups -OCH3 is 1. The number of hydrogen-bond acceptors (Lipinski definition) is 4. The topological polar surface area (TPSA) is 42.0 Å². The summed E-state index contributed by atoms with van der Waals surface area (Å²) >= 11 is 0. The van der Waals surface area contributed by atoms with E-state index < -0.39 is 0 Å². The monoisotopic (exact) mass is 332 g/mol. The van der Waals surface area contributed by atoms with Gasteiger partial charge in [-0.15, -0.1) is 0 Å². The van der Waals surface area contributed by atoms with Crippen LogP contribution in [0.25, 0.3) is 0 Å². The van der Waals surface area contributed by atoms with Crippen molar-refractivity contribution in [2.75, 3.05) is 53.0 Å². The van der Waals surface area contributed by atoms with Crippen molar-refractivity contribution in [3.05, 3.63) is 29.8 Å². The molecule has 0 aliphatic carbocycles. The molecule has 0 radical (unpaired) electrons. The molecule has 5 heteroatoms. The fourth-order valence-corrected chi connectivity index (χ4v) is 3.58. The molecule has 2 saturated heterocycles. The number of carbonyl (C=O) groups excluding carboxylic acids is 1. The molecule has 0 N–H and O–H groups in total. The number of piperazine rings is 1. The Labute approximate surface area is 144 Å². The van der Waals surface area contributed by atoms with E-state index >= 15 is 0 Å². The van der Waals surface area contributed by atoms with Crippen LogP contribution in [0.1, 0.15) is 18.4 Å². The Morgan fingerprint density at radius 3 is 2.58 bits per heavy atom. The first-order valence-corrected chi connectivity index (χ1v) is 8.98. The van der Waals surface area contributed by atoms with Crippen LogP contribution in [0.5, 0.6) is 5.75 Å². The van der Waals surface area contributed by atoms with E-state index in [-0.39, 0.29) is 5.92 Å². The molecule has 132 valence electrons. The van der Waals surface area contributed by atoms with Gasteiger partial charge in [0.05, 0.1) is 7.11 Å². The number of amides is 1. The molecule has 0 saturated carbocycles. The largest absolute Gasteiger partial charge is 0.496 e. The number of hydrogen-bond donors (Lipinski definition) is 0. The zero-order valence-electron chi connectivity index (χ0n) is 14.6. The first kappa shape index (κ1) is 17.2. The Kier molecular flexibility index (Phi) is 6.10. The number of benzene rings is 1. The molecule has 0 bridgehead atoms. The second-order valence-corrected chi connectivity index (χ2v) is 6.62. The normalized spacial score (nSPS) is 20.1. The molecule has 3 rings (SSSR count). The molecule has 24 heavy (non-hydrogen) atoms. The summed E-state index contributed by atoms with van der Waals surface area (Å²) < 4.78 is 10.8. The van der Waals surface area contributed by atoms with Crippen LogP contribution in [0.2, 0.25) is 0 Å². The molecule has 2 heterocycles. The van der Waals surface area contributed by atoms with E-state index in [1.165, 1.54) is 5.56 Å². The lowest BCUT2D eigenvalue weighted by Crippen LogP contribution is -2.51. The SMILES string of the molecule is COc1ccccc1CCN1CCN(C(=O)C2CCOCC2)CC1. The summed E-state index contributed by atoms with van der Waals surface area (Å²) in [7, 11) is 1.72. The van der Waals surface area contributed by atoms with Crippen molar-refractivity contribution in [3.8, 4) is 5.75 Å². The number of ether oxygens (including phenoxy) is 2. The number of carbonyl (C=O) groups is 1. The molecule has 5 nitrogen and oxygen atoms in total. The van der Waals surface area contributed by atoms with E-state index in [0.717, 1.165) is 70.9 Å². The molecule has 2 aliphatic heterocycles. The second kappa shape index (κ2) is 8.49. The van der Waals surface area contributed by atoms with Crippen molar-refractivity contribution in [2.45, 2.75) is 19.3 Å². The second-order valence-electron chi connectivity index (χ2n) is 6.62. The molecule has 0 atom stereocenters. The maximum atomic E-state index is 12.6. The van der Waals surface area contributed by atoms with Gasteiger partial charge >= 0.3 is 0 Å². The van der Waals surface area contributed by atoms with Gasteiger partial charge < -0.3 is 14.4 Å². The van der Waals surface area contributed by atoms with Gasteiger partial charge in [0.25, 0.3) is 0 Å². The first-order chi connectivity index (χ1) is 11.8. The van der Waals surface area contributed by atoms with Gasteiger partial charge in [0, 0.05) is 51.9 Å². The van der Waals surface area contributed by atoms with Crippen molar-refractivity contribution >= 4 is 5.91 Å². The minimum absolute atomic E-state index is 0.180. The van der Waals surface area contributed by atoms with Crippen LogP contribution >= 0.6 is 0 Å². The highest BCUT2D eigenvalue weighted by atomic mass is 16.5. The molecule has 0 unspecified atom stereocenters. The lowest BCUT2D eigenvalue weighted by atomic mass is 9.98. The maximum absolute atomic E-state index is 12.6. The zero-order valence-corrected chi connectivity index (χ0v) is 14.6. The summed E-state index contributed by atoms with van der Waals surface area (Å²) in [5.74, 6) is 1.48. The third-order valence-corrected chi connectivity index (χ3v) is 5.14. The van der Waals surface area contributed by atoms with Gasteiger partial charge in [-0.2, -0.15) is 0 Å². The average molecular weight is 332 g/mol. The summed E-state index contributed by atoms with van der Waals surface area (Å²) in [4.78, 5) is 17.1. The summed E-state index contributed by atoms with van der Waals surface area (Å²) in [6.45, 7) is 6.10. The van der Waals surface area contributed by atoms with E-state index in [1.807, 2.05) is 12.1 Å². The molecule has 1 aromatic rings. The fourth-order valence-electron chi connectivity index (χ4n) is 3.58. The van der Waals surface area contributed by atoms with Crippen molar-refractivity contribution in [1.82, 2.24) is 9.80 Å². The highest BCUT2D eigenvalue weighted by Gasteiger charge is 2.28. The Balaban J connectivity index is 1.44. The molecular weight excluding hydrogens is 304 g/mol. The lowest BCUT2D eigenvalue weighted by molar-refractivity contribution is -0.140. The summed E-state index contributed by atoms with van der Waals surface area (Å²) in [6.07, 6.45) is 2.75. The Morgan fingerprint density at radius 2 is 1.88 bits per heavy atom. The van der Waals surface area contributed by atoms with Crippen molar-refractivity contribution < 1.29 is 14.3 Å². The molecule has 0 aromatic heterocycles. The summed E-state index contributed by atoms with van der Waals surface area (Å²) in [5, 5.41) is 0. The van der Waals surface area contributed by atoms with Crippen LogP contribution in [0.15, 0.2) is 24.3 Å². The summed E-state index contributed by atoms with van der Waals surface area (Å²) in [5.41, 5.74) is 1.25. The van der Waals surface area contributed by atoms with Gasteiger partial charge in [0.1, 0.15) is 5.75 Å². The standard InChI is InChI=1S/C19H28N2O3/c1-23-18-5-3-2-4-16(18)6-9-20-10-12-21(13-11-20)19(22)17-7-14-24-15-8-17/h2-5,17H,6-15H2,1H3. The minimum Gasteiger partial charge on any atom is -0.496 e. The molecule has 1 aromatic carbocycles. The lowest BCUT2D eigenvalue weighted by Gasteiger charge is -2.37. The fraction of sp³-hybridized carbons (Fsp3) is 0.632. The molecule has 2 fully saturated rings. The molecule has 2 aliphatic rings. The first-order valence-electron chi connectivity index (χ1n) is 8.98. The third kappa shape index (κ3) is 4.28. The molecular formula is C19H28N2O3.